The molecule has 1 atom stereocenters. The zero-order valence-corrected chi connectivity index (χ0v) is 6.14. The summed E-state index contributed by atoms with van der Waals surface area (Å²) in [6.45, 7) is 3.57. The molecule has 0 fully saturated rings. The highest BCUT2D eigenvalue weighted by Gasteiger charge is 2.18. The molecule has 0 saturated carbocycles. The van der Waals surface area contributed by atoms with Gasteiger partial charge in [-0.2, -0.15) is 5.26 Å². The number of rotatable bonds is 2. The third-order valence-corrected chi connectivity index (χ3v) is 1.29. The molecule has 0 aliphatic heterocycles. The van der Waals surface area contributed by atoms with E-state index in [4.69, 9.17) is 16.9 Å². The zero-order valence-electron chi connectivity index (χ0n) is 5.39. The number of halogens is 1. The van der Waals surface area contributed by atoms with Gasteiger partial charge in [0.05, 0.1) is 6.07 Å². The van der Waals surface area contributed by atoms with Gasteiger partial charge in [-0.05, 0) is 17.5 Å². The Balaban J connectivity index is 4.04. The molecule has 9 heavy (non-hydrogen) atoms. The molecular weight excluding hydrogens is 138 g/mol. The summed E-state index contributed by atoms with van der Waals surface area (Å²) in [7, 11) is 0. The Bertz CT molecular complexity index is 148. The van der Waals surface area contributed by atoms with Gasteiger partial charge in [0.15, 0.2) is 0 Å². The first-order chi connectivity index (χ1) is 4.09. The standard InChI is InChI=1S/C6H8ClNO/c1-4(2)5(3-8)6(7)9/h4-5H,1-2H3/t5-/m1/s1. The van der Waals surface area contributed by atoms with Gasteiger partial charge < -0.3 is 0 Å². The number of hydrogen-bond acceptors (Lipinski definition) is 2. The Labute approximate surface area is 59.4 Å². The van der Waals surface area contributed by atoms with E-state index in [9.17, 15) is 4.79 Å². The Morgan fingerprint density at radius 3 is 2.11 bits per heavy atom. The fourth-order valence-corrected chi connectivity index (χ4v) is 0.763. The highest BCUT2D eigenvalue weighted by atomic mass is 35.5. The van der Waals surface area contributed by atoms with E-state index in [-0.39, 0.29) is 5.92 Å². The minimum Gasteiger partial charge on any atom is -0.280 e. The van der Waals surface area contributed by atoms with Crippen molar-refractivity contribution in [1.82, 2.24) is 0 Å². The highest BCUT2D eigenvalue weighted by Crippen LogP contribution is 2.11. The van der Waals surface area contributed by atoms with Crippen LogP contribution in [-0.4, -0.2) is 5.24 Å². The smallest absolute Gasteiger partial charge is 0.239 e. The maximum absolute atomic E-state index is 10.4. The van der Waals surface area contributed by atoms with E-state index in [2.05, 4.69) is 0 Å². The predicted octanol–water partition coefficient (Wildman–Crippen LogP) is 1.55. The van der Waals surface area contributed by atoms with Crippen LogP contribution in [0, 0.1) is 23.2 Å². The molecule has 0 spiro atoms. The van der Waals surface area contributed by atoms with E-state index in [1.54, 1.807) is 13.8 Å². The van der Waals surface area contributed by atoms with Crippen LogP contribution in [0.3, 0.4) is 0 Å². The molecule has 0 rings (SSSR count). The number of nitrogens with zero attached hydrogens (tertiary/aromatic N) is 1. The van der Waals surface area contributed by atoms with Gasteiger partial charge in [-0.3, -0.25) is 4.79 Å². The molecule has 0 unspecified atom stereocenters. The molecule has 0 bridgehead atoms. The molecule has 3 heteroatoms. The molecule has 0 aromatic carbocycles. The van der Waals surface area contributed by atoms with E-state index in [1.165, 1.54) is 0 Å². The van der Waals surface area contributed by atoms with Crippen LogP contribution in [0.4, 0.5) is 0 Å². The highest BCUT2D eigenvalue weighted by molar-refractivity contribution is 6.64. The summed E-state index contributed by atoms with van der Waals surface area (Å²) in [5.41, 5.74) is 0. The quantitative estimate of drug-likeness (QED) is 0.554. The van der Waals surface area contributed by atoms with Crippen molar-refractivity contribution in [2.24, 2.45) is 11.8 Å². The van der Waals surface area contributed by atoms with Gasteiger partial charge >= 0.3 is 0 Å². The lowest BCUT2D eigenvalue weighted by Crippen LogP contribution is -2.12. The summed E-state index contributed by atoms with van der Waals surface area (Å²) < 4.78 is 0. The van der Waals surface area contributed by atoms with Gasteiger partial charge in [-0.1, -0.05) is 13.8 Å². The van der Waals surface area contributed by atoms with Crippen molar-refractivity contribution in [1.29, 1.82) is 5.26 Å². The third-order valence-electron chi connectivity index (χ3n) is 1.05. The summed E-state index contributed by atoms with van der Waals surface area (Å²) in [5.74, 6) is -0.633. The van der Waals surface area contributed by atoms with Crippen LogP contribution in [0.2, 0.25) is 0 Å². The fourth-order valence-electron chi connectivity index (χ4n) is 0.462. The van der Waals surface area contributed by atoms with E-state index in [0.717, 1.165) is 0 Å². The molecule has 0 radical (unpaired) electrons. The average Bonchev–Trinajstić information content (AvgIpc) is 1.64. The summed E-state index contributed by atoms with van der Waals surface area (Å²) in [5, 5.41) is 7.75. The summed E-state index contributed by atoms with van der Waals surface area (Å²) in [4.78, 5) is 10.4. The fraction of sp³-hybridized carbons (Fsp3) is 0.667. The predicted molar refractivity (Wildman–Crippen MR) is 34.8 cm³/mol. The van der Waals surface area contributed by atoms with Crippen molar-refractivity contribution in [2.75, 3.05) is 0 Å². The van der Waals surface area contributed by atoms with Crippen molar-refractivity contribution in [3.05, 3.63) is 0 Å². The molecule has 0 aliphatic rings. The van der Waals surface area contributed by atoms with Crippen LogP contribution in [0.5, 0.6) is 0 Å². The minimum absolute atomic E-state index is 0.0139. The monoisotopic (exact) mass is 145 g/mol. The van der Waals surface area contributed by atoms with Crippen molar-refractivity contribution in [2.45, 2.75) is 13.8 Å². The van der Waals surface area contributed by atoms with Gasteiger partial charge in [0.1, 0.15) is 5.92 Å². The number of carbonyl (C=O) groups excluding carboxylic acids is 1. The van der Waals surface area contributed by atoms with E-state index in [0.29, 0.717) is 0 Å². The van der Waals surface area contributed by atoms with Crippen molar-refractivity contribution < 1.29 is 4.79 Å². The summed E-state index contributed by atoms with van der Waals surface area (Å²) in [6, 6.07) is 1.82. The molecule has 2 nitrogen and oxygen atoms in total. The molecule has 0 aromatic rings. The van der Waals surface area contributed by atoms with Gasteiger partial charge in [0.25, 0.3) is 0 Å². The Morgan fingerprint density at radius 2 is 2.11 bits per heavy atom. The topological polar surface area (TPSA) is 40.9 Å². The summed E-state index contributed by atoms with van der Waals surface area (Å²) >= 11 is 5.08. The Kier molecular flexibility index (Phi) is 3.26. The molecule has 0 aromatic heterocycles. The van der Waals surface area contributed by atoms with E-state index >= 15 is 0 Å². The average molecular weight is 146 g/mol. The minimum atomic E-state index is -0.647. The van der Waals surface area contributed by atoms with Crippen LogP contribution in [0.1, 0.15) is 13.8 Å². The number of nitriles is 1. The van der Waals surface area contributed by atoms with E-state index < -0.39 is 11.2 Å². The van der Waals surface area contributed by atoms with Crippen molar-refractivity contribution >= 4 is 16.8 Å². The van der Waals surface area contributed by atoms with Gasteiger partial charge in [-0.15, -0.1) is 0 Å². The first-order valence-corrected chi connectivity index (χ1v) is 3.06. The second-order valence-corrected chi connectivity index (χ2v) is 2.53. The number of hydrogen-bond donors (Lipinski definition) is 0. The Morgan fingerprint density at radius 1 is 1.67 bits per heavy atom. The zero-order chi connectivity index (χ0) is 7.44. The number of carbonyl (C=O) groups is 1. The van der Waals surface area contributed by atoms with Crippen molar-refractivity contribution in [3.8, 4) is 6.07 Å². The van der Waals surface area contributed by atoms with Gasteiger partial charge in [0.2, 0.25) is 5.24 Å². The first-order valence-electron chi connectivity index (χ1n) is 2.68. The lowest BCUT2D eigenvalue weighted by molar-refractivity contribution is -0.114. The summed E-state index contributed by atoms with van der Waals surface area (Å²) in [6.07, 6.45) is 0. The van der Waals surface area contributed by atoms with Crippen LogP contribution in [0.25, 0.3) is 0 Å². The molecular formula is C6H8ClNO. The van der Waals surface area contributed by atoms with Crippen LogP contribution in [-0.2, 0) is 4.79 Å². The van der Waals surface area contributed by atoms with Crippen LogP contribution < -0.4 is 0 Å². The van der Waals surface area contributed by atoms with Gasteiger partial charge in [-0.25, -0.2) is 0 Å². The lowest BCUT2D eigenvalue weighted by atomic mass is 9.99. The van der Waals surface area contributed by atoms with Crippen LogP contribution in [0.15, 0.2) is 0 Å². The SMILES string of the molecule is CC(C)[C@@H](C#N)C(=O)Cl. The molecule has 0 heterocycles. The second kappa shape index (κ2) is 3.47. The molecule has 0 amide bonds. The second-order valence-electron chi connectivity index (χ2n) is 2.15. The normalized spacial score (nSPS) is 12.8. The maximum atomic E-state index is 10.4. The van der Waals surface area contributed by atoms with Crippen molar-refractivity contribution in [3.63, 3.8) is 0 Å². The molecule has 0 aliphatic carbocycles. The third kappa shape index (κ3) is 2.48. The molecule has 50 valence electrons. The molecule has 0 N–H and O–H groups in total. The van der Waals surface area contributed by atoms with Gasteiger partial charge in [0, 0.05) is 0 Å². The maximum Gasteiger partial charge on any atom is 0.239 e. The van der Waals surface area contributed by atoms with Crippen LogP contribution >= 0.6 is 11.6 Å². The first kappa shape index (κ1) is 8.45. The van der Waals surface area contributed by atoms with E-state index in [1.807, 2.05) is 6.07 Å². The largest absolute Gasteiger partial charge is 0.280 e. The lowest BCUT2D eigenvalue weighted by Gasteiger charge is -2.04. The Hall–Kier alpha value is -0.550. The molecule has 0 saturated heterocycles.